The molecule has 0 aliphatic carbocycles. The van der Waals surface area contributed by atoms with E-state index in [-0.39, 0.29) is 18.3 Å². The Morgan fingerprint density at radius 3 is 2.29 bits per heavy atom. The lowest BCUT2D eigenvalue weighted by Crippen LogP contribution is -2.42. The molecule has 218 valence electrons. The van der Waals surface area contributed by atoms with Crippen LogP contribution in [0.15, 0.2) is 97.1 Å². The lowest BCUT2D eigenvalue weighted by atomic mass is 9.93. The number of halogens is 1. The van der Waals surface area contributed by atoms with Crippen molar-refractivity contribution in [2.24, 2.45) is 0 Å². The first-order valence-corrected chi connectivity index (χ1v) is 15.5. The molecule has 1 atom stereocenters. The number of aryl methyl sites for hydroxylation is 1. The van der Waals surface area contributed by atoms with Crippen LogP contribution in [0.5, 0.6) is 0 Å². The highest BCUT2D eigenvalue weighted by Gasteiger charge is 2.24. The summed E-state index contributed by atoms with van der Waals surface area (Å²) < 4.78 is 19.3. The lowest BCUT2D eigenvalue weighted by molar-refractivity contribution is -0.145. The van der Waals surface area contributed by atoms with Crippen LogP contribution in [0.3, 0.4) is 0 Å². The number of benzene rings is 4. The normalized spacial score (nSPS) is 11.5. The van der Waals surface area contributed by atoms with E-state index in [0.717, 1.165) is 33.5 Å². The van der Waals surface area contributed by atoms with Crippen LogP contribution in [0.2, 0.25) is 0 Å². The Kier molecular flexibility index (Phi) is 11.2. The van der Waals surface area contributed by atoms with Gasteiger partial charge < -0.3 is 15.0 Å². The van der Waals surface area contributed by atoms with Crippen LogP contribution in [0.4, 0.5) is 10.1 Å². The maximum Gasteiger partial charge on any atom is 0.328 e. The summed E-state index contributed by atoms with van der Waals surface area (Å²) in [5, 5.41) is 2.93. The van der Waals surface area contributed by atoms with E-state index < -0.39 is 12.0 Å². The van der Waals surface area contributed by atoms with E-state index in [1.165, 1.54) is 6.07 Å². The molecule has 0 unspecified atom stereocenters. The topological polar surface area (TPSA) is 58.6 Å². The van der Waals surface area contributed by atoms with Crippen molar-refractivity contribution in [3.05, 3.63) is 125 Å². The second-order valence-electron chi connectivity index (χ2n) is 10.1. The Bertz CT molecular complexity index is 1490. The third kappa shape index (κ3) is 8.23. The van der Waals surface area contributed by atoms with Gasteiger partial charge in [0.05, 0.1) is 6.61 Å². The van der Waals surface area contributed by atoms with E-state index >= 15 is 0 Å². The number of hydrogen-bond acceptors (Lipinski definition) is 5. The molecule has 1 N–H and O–H groups in total. The van der Waals surface area contributed by atoms with Gasteiger partial charge in [-0.25, -0.2) is 9.18 Å². The standard InChI is InChI=1S/C35H37FN2O3S/c1-4-41-35(40)33(19-20-42-3)37-34(39)31-18-17-27(22-32(31)30-16-9-8-11-25(30)2)24-38(29-14-6-5-7-15-29)23-26-12-10-13-28(36)21-26/h5-18,21-22,33H,4,19-20,23-24H2,1-3H3,(H,37,39)/t33-/m0/s1. The van der Waals surface area contributed by atoms with E-state index in [0.29, 0.717) is 30.8 Å². The first-order valence-electron chi connectivity index (χ1n) is 14.1. The third-order valence-corrected chi connectivity index (χ3v) is 7.65. The predicted molar refractivity (Wildman–Crippen MR) is 170 cm³/mol. The van der Waals surface area contributed by atoms with E-state index in [2.05, 4.69) is 10.2 Å². The van der Waals surface area contributed by atoms with Gasteiger partial charge in [0.2, 0.25) is 0 Å². The molecule has 0 heterocycles. The Morgan fingerprint density at radius 2 is 1.60 bits per heavy atom. The van der Waals surface area contributed by atoms with Gasteiger partial charge >= 0.3 is 5.97 Å². The molecule has 1 amide bonds. The van der Waals surface area contributed by atoms with Crippen molar-refractivity contribution in [2.75, 3.05) is 23.5 Å². The summed E-state index contributed by atoms with van der Waals surface area (Å²) >= 11 is 1.61. The highest BCUT2D eigenvalue weighted by atomic mass is 32.2. The maximum absolute atomic E-state index is 14.0. The lowest BCUT2D eigenvalue weighted by Gasteiger charge is -2.26. The van der Waals surface area contributed by atoms with Crippen molar-refractivity contribution in [3.8, 4) is 11.1 Å². The molecule has 0 saturated carbocycles. The summed E-state index contributed by atoms with van der Waals surface area (Å²) in [5.41, 5.74) is 6.12. The fourth-order valence-electron chi connectivity index (χ4n) is 4.90. The fraction of sp³-hybridized carbons (Fsp3) is 0.257. The van der Waals surface area contributed by atoms with E-state index in [9.17, 15) is 14.0 Å². The number of carbonyl (C=O) groups excluding carboxylic acids is 2. The number of nitrogens with zero attached hydrogens (tertiary/aromatic N) is 1. The van der Waals surface area contributed by atoms with Gasteiger partial charge in [-0.1, -0.05) is 60.7 Å². The van der Waals surface area contributed by atoms with Crippen LogP contribution < -0.4 is 10.2 Å². The Labute approximate surface area is 252 Å². The number of anilines is 1. The molecule has 0 aliphatic rings. The SMILES string of the molecule is CCOC(=O)[C@H](CCSC)NC(=O)c1ccc(CN(Cc2cccc(F)c2)c2ccccc2)cc1-c1ccccc1C. The number of nitrogens with one attached hydrogen (secondary N) is 1. The van der Waals surface area contributed by atoms with Gasteiger partial charge in [-0.2, -0.15) is 11.8 Å². The highest BCUT2D eigenvalue weighted by molar-refractivity contribution is 7.98. The molecule has 4 aromatic rings. The first kappa shape index (κ1) is 30.8. The summed E-state index contributed by atoms with van der Waals surface area (Å²) in [7, 11) is 0. The van der Waals surface area contributed by atoms with Crippen LogP contribution in [0, 0.1) is 12.7 Å². The predicted octanol–water partition coefficient (Wildman–Crippen LogP) is 7.42. The van der Waals surface area contributed by atoms with Gasteiger partial charge in [0.15, 0.2) is 0 Å². The van der Waals surface area contributed by atoms with Crippen molar-refractivity contribution in [1.29, 1.82) is 0 Å². The minimum absolute atomic E-state index is 0.251. The van der Waals surface area contributed by atoms with Gasteiger partial charge in [0, 0.05) is 24.3 Å². The molecule has 0 fully saturated rings. The molecule has 0 aliphatic heterocycles. The van der Waals surface area contributed by atoms with Crippen molar-refractivity contribution < 1.29 is 18.7 Å². The van der Waals surface area contributed by atoms with Gasteiger partial charge in [0.25, 0.3) is 5.91 Å². The van der Waals surface area contributed by atoms with Gasteiger partial charge in [-0.15, -0.1) is 0 Å². The Balaban J connectivity index is 1.70. The van der Waals surface area contributed by atoms with E-state index in [1.54, 1.807) is 30.8 Å². The number of ether oxygens (including phenoxy) is 1. The minimum atomic E-state index is -0.728. The summed E-state index contributed by atoms with van der Waals surface area (Å²) in [6.07, 6.45) is 2.45. The number of para-hydroxylation sites is 1. The smallest absolute Gasteiger partial charge is 0.328 e. The van der Waals surface area contributed by atoms with Crippen LogP contribution >= 0.6 is 11.8 Å². The number of carbonyl (C=O) groups is 2. The molecule has 0 bridgehead atoms. The van der Waals surface area contributed by atoms with Gasteiger partial charge in [0.1, 0.15) is 11.9 Å². The molecule has 42 heavy (non-hydrogen) atoms. The fourth-order valence-corrected chi connectivity index (χ4v) is 5.37. The number of thioether (sulfide) groups is 1. The largest absolute Gasteiger partial charge is 0.464 e. The summed E-state index contributed by atoms with van der Waals surface area (Å²) in [5.74, 6) is -0.298. The monoisotopic (exact) mass is 584 g/mol. The van der Waals surface area contributed by atoms with Crippen molar-refractivity contribution in [3.63, 3.8) is 0 Å². The molecular formula is C35H37FN2O3S. The van der Waals surface area contributed by atoms with Crippen molar-refractivity contribution in [2.45, 2.75) is 39.4 Å². The summed E-state index contributed by atoms with van der Waals surface area (Å²) in [4.78, 5) is 28.5. The average molecular weight is 585 g/mol. The third-order valence-electron chi connectivity index (χ3n) is 7.01. The van der Waals surface area contributed by atoms with Gasteiger partial charge in [-0.3, -0.25) is 4.79 Å². The van der Waals surface area contributed by atoms with Crippen LogP contribution in [0.25, 0.3) is 11.1 Å². The highest BCUT2D eigenvalue weighted by Crippen LogP contribution is 2.30. The number of rotatable bonds is 13. The summed E-state index contributed by atoms with van der Waals surface area (Å²) in [6, 6.07) is 29.7. The zero-order chi connectivity index (χ0) is 29.9. The summed E-state index contributed by atoms with van der Waals surface area (Å²) in [6.45, 7) is 5.08. The minimum Gasteiger partial charge on any atom is -0.464 e. The molecule has 0 radical (unpaired) electrons. The average Bonchev–Trinajstić information content (AvgIpc) is 2.99. The quantitative estimate of drug-likeness (QED) is 0.166. The maximum atomic E-state index is 14.0. The molecule has 5 nitrogen and oxygen atoms in total. The Hall–Kier alpha value is -4.10. The molecule has 4 aromatic carbocycles. The van der Waals surface area contributed by atoms with Crippen LogP contribution in [0.1, 0.15) is 40.4 Å². The Morgan fingerprint density at radius 1 is 0.881 bits per heavy atom. The van der Waals surface area contributed by atoms with Gasteiger partial charge in [-0.05, 0) is 96.5 Å². The van der Waals surface area contributed by atoms with E-state index in [4.69, 9.17) is 4.74 Å². The zero-order valence-electron chi connectivity index (χ0n) is 24.3. The second kappa shape index (κ2) is 15.2. The number of amides is 1. The number of hydrogen-bond donors (Lipinski definition) is 1. The molecule has 4 rings (SSSR count). The molecular weight excluding hydrogens is 547 g/mol. The molecule has 0 aromatic heterocycles. The van der Waals surface area contributed by atoms with Crippen molar-refractivity contribution >= 4 is 29.3 Å². The molecule has 7 heteroatoms. The van der Waals surface area contributed by atoms with Crippen molar-refractivity contribution in [1.82, 2.24) is 5.32 Å². The first-order chi connectivity index (χ1) is 20.4. The van der Waals surface area contributed by atoms with Crippen LogP contribution in [-0.2, 0) is 22.6 Å². The second-order valence-corrected chi connectivity index (χ2v) is 11.1. The van der Waals surface area contributed by atoms with E-state index in [1.807, 2.05) is 92.0 Å². The molecule has 0 saturated heterocycles. The number of esters is 1. The van der Waals surface area contributed by atoms with Crippen LogP contribution in [-0.4, -0.2) is 36.5 Å². The zero-order valence-corrected chi connectivity index (χ0v) is 25.1. The molecule has 0 spiro atoms.